The van der Waals surface area contributed by atoms with Crippen LogP contribution in [-0.4, -0.2) is 28.0 Å². The molecule has 33 heavy (non-hydrogen) atoms. The molecule has 3 heterocycles. The van der Waals surface area contributed by atoms with Gasteiger partial charge in [0.2, 0.25) is 0 Å². The van der Waals surface area contributed by atoms with Gasteiger partial charge in [0.1, 0.15) is 16.9 Å². The van der Waals surface area contributed by atoms with Gasteiger partial charge in [-0.3, -0.25) is 14.2 Å². The van der Waals surface area contributed by atoms with Crippen molar-refractivity contribution in [3.63, 3.8) is 0 Å². The number of aryl methyl sites for hydroxylation is 2. The molecule has 0 saturated heterocycles. The molecule has 1 N–H and O–H groups in total. The van der Waals surface area contributed by atoms with E-state index in [9.17, 15) is 19.6 Å². The van der Waals surface area contributed by atoms with Crippen LogP contribution < -0.4 is 10.9 Å². The number of hydrogen-bond donors (Lipinski definition) is 1. The van der Waals surface area contributed by atoms with E-state index in [0.29, 0.717) is 28.0 Å². The zero-order valence-electron chi connectivity index (χ0n) is 18.0. The number of aromatic nitrogens is 2. The first kappa shape index (κ1) is 21.3. The number of fused-ring (bicyclic) bond motifs is 3. The maximum atomic E-state index is 12.8. The molecule has 2 aliphatic rings. The molecule has 1 aromatic carbocycles. The lowest BCUT2D eigenvalue weighted by Gasteiger charge is -2.11. The van der Waals surface area contributed by atoms with E-state index in [4.69, 9.17) is 4.74 Å². The molecule has 1 amide bonds. The minimum Gasteiger partial charge on any atom is -0.452 e. The Balaban J connectivity index is 1.29. The number of amides is 1. The first-order valence-corrected chi connectivity index (χ1v) is 11.9. The highest BCUT2D eigenvalue weighted by atomic mass is 32.1. The fourth-order valence-electron chi connectivity index (χ4n) is 4.53. The number of nitriles is 1. The van der Waals surface area contributed by atoms with Gasteiger partial charge in [-0.05, 0) is 55.9 Å². The molecule has 0 radical (unpaired) electrons. The van der Waals surface area contributed by atoms with Crippen molar-refractivity contribution < 1.29 is 14.3 Å². The van der Waals surface area contributed by atoms with Crippen molar-refractivity contribution in [3.8, 4) is 6.07 Å². The number of nitrogens with zero attached hydrogens (tertiary/aromatic N) is 3. The van der Waals surface area contributed by atoms with Crippen molar-refractivity contribution in [3.05, 3.63) is 55.9 Å². The summed E-state index contributed by atoms with van der Waals surface area (Å²) in [4.78, 5) is 43.5. The van der Waals surface area contributed by atoms with Crippen LogP contribution in [-0.2, 0) is 35.3 Å². The molecular weight excluding hydrogens is 440 g/mol. The predicted octanol–water partition coefficient (Wildman–Crippen LogP) is 3.34. The third kappa shape index (κ3) is 4.02. The number of rotatable bonds is 4. The topological polar surface area (TPSA) is 114 Å². The summed E-state index contributed by atoms with van der Waals surface area (Å²) in [7, 11) is 0. The van der Waals surface area contributed by atoms with Crippen LogP contribution in [0, 0.1) is 11.3 Å². The van der Waals surface area contributed by atoms with Crippen LogP contribution in [0.5, 0.6) is 0 Å². The Morgan fingerprint density at radius 1 is 1.18 bits per heavy atom. The minimum atomic E-state index is -0.668. The van der Waals surface area contributed by atoms with Gasteiger partial charge in [0.25, 0.3) is 11.5 Å². The van der Waals surface area contributed by atoms with E-state index in [1.165, 1.54) is 17.4 Å². The van der Waals surface area contributed by atoms with Crippen LogP contribution in [0.3, 0.4) is 0 Å². The van der Waals surface area contributed by atoms with E-state index >= 15 is 0 Å². The molecule has 2 aromatic heterocycles. The van der Waals surface area contributed by atoms with Crippen LogP contribution in [0.15, 0.2) is 23.0 Å². The Bertz CT molecular complexity index is 1380. The molecule has 0 bridgehead atoms. The molecule has 9 heteroatoms. The van der Waals surface area contributed by atoms with E-state index in [1.807, 2.05) is 0 Å². The monoisotopic (exact) mass is 462 g/mol. The Labute approximate surface area is 193 Å². The summed E-state index contributed by atoms with van der Waals surface area (Å²) in [5.74, 6) is -0.425. The van der Waals surface area contributed by atoms with Gasteiger partial charge >= 0.3 is 5.97 Å². The molecule has 5 rings (SSSR count). The Morgan fingerprint density at radius 3 is 2.91 bits per heavy atom. The van der Waals surface area contributed by atoms with Crippen LogP contribution >= 0.6 is 11.3 Å². The van der Waals surface area contributed by atoms with Gasteiger partial charge in [-0.2, -0.15) is 5.26 Å². The molecule has 0 fully saturated rings. The molecule has 0 saturated carbocycles. The number of thiophene rings is 1. The van der Waals surface area contributed by atoms with Gasteiger partial charge in [0.15, 0.2) is 6.61 Å². The summed E-state index contributed by atoms with van der Waals surface area (Å²) in [5.41, 5.74) is 2.13. The minimum absolute atomic E-state index is 0.0904. The number of benzene rings is 1. The average Bonchev–Trinajstić information content (AvgIpc) is 3.30. The van der Waals surface area contributed by atoms with Gasteiger partial charge in [0, 0.05) is 17.8 Å². The zero-order valence-corrected chi connectivity index (χ0v) is 18.8. The van der Waals surface area contributed by atoms with Crippen molar-refractivity contribution in [2.24, 2.45) is 0 Å². The second kappa shape index (κ2) is 8.79. The van der Waals surface area contributed by atoms with Gasteiger partial charge < -0.3 is 10.1 Å². The number of nitrogens with one attached hydrogen (secondary N) is 1. The van der Waals surface area contributed by atoms with E-state index in [-0.39, 0.29) is 11.1 Å². The number of esters is 1. The first-order chi connectivity index (χ1) is 16.0. The van der Waals surface area contributed by atoms with Crippen molar-refractivity contribution in [1.29, 1.82) is 5.26 Å². The molecule has 1 aliphatic carbocycles. The maximum Gasteiger partial charge on any atom is 0.338 e. The third-order valence-corrected chi connectivity index (χ3v) is 7.38. The van der Waals surface area contributed by atoms with E-state index in [2.05, 4.69) is 16.4 Å². The van der Waals surface area contributed by atoms with Crippen LogP contribution in [0.4, 0.5) is 5.00 Å². The second-order valence-electron chi connectivity index (χ2n) is 8.32. The zero-order chi connectivity index (χ0) is 22.9. The predicted molar refractivity (Wildman–Crippen MR) is 124 cm³/mol. The van der Waals surface area contributed by atoms with Crippen LogP contribution in [0.1, 0.15) is 57.9 Å². The molecule has 8 nitrogen and oxygen atoms in total. The first-order valence-electron chi connectivity index (χ1n) is 11.1. The van der Waals surface area contributed by atoms with Crippen molar-refractivity contribution in [1.82, 2.24) is 9.55 Å². The number of carbonyl (C=O) groups is 2. The van der Waals surface area contributed by atoms with Crippen LogP contribution in [0.25, 0.3) is 10.9 Å². The number of hydrogen-bond acceptors (Lipinski definition) is 7. The van der Waals surface area contributed by atoms with Crippen molar-refractivity contribution >= 4 is 39.1 Å². The quantitative estimate of drug-likeness (QED) is 0.595. The third-order valence-electron chi connectivity index (χ3n) is 6.17. The SMILES string of the molecule is N#Cc1c(NC(=O)COC(=O)c2ccc3c(=O)n4c(nc3c2)CCCCC4)sc2c1CCC2. The molecule has 1 aliphatic heterocycles. The van der Waals surface area contributed by atoms with Gasteiger partial charge in [-0.25, -0.2) is 9.78 Å². The summed E-state index contributed by atoms with van der Waals surface area (Å²) < 4.78 is 6.91. The fourth-order valence-corrected chi connectivity index (χ4v) is 5.79. The number of ether oxygens (including phenoxy) is 1. The smallest absolute Gasteiger partial charge is 0.338 e. The summed E-state index contributed by atoms with van der Waals surface area (Å²) >= 11 is 1.41. The largest absolute Gasteiger partial charge is 0.452 e. The lowest BCUT2D eigenvalue weighted by atomic mass is 10.1. The standard InChI is InChI=1S/C24H22N4O4S/c25-12-17-15-5-4-6-19(15)33-22(17)27-21(29)13-32-24(31)14-8-9-16-18(11-14)26-20-7-2-1-3-10-28(20)23(16)30/h8-9,11H,1-7,10,13H2,(H,27,29). The Kier molecular flexibility index (Phi) is 5.68. The Hall–Kier alpha value is -3.51. The lowest BCUT2D eigenvalue weighted by Crippen LogP contribution is -2.25. The highest BCUT2D eigenvalue weighted by Crippen LogP contribution is 2.38. The van der Waals surface area contributed by atoms with E-state index in [0.717, 1.165) is 61.2 Å². The van der Waals surface area contributed by atoms with Gasteiger partial charge in [0.05, 0.1) is 22.0 Å². The van der Waals surface area contributed by atoms with Gasteiger partial charge in [-0.15, -0.1) is 11.3 Å². The highest BCUT2D eigenvalue weighted by molar-refractivity contribution is 7.16. The molecule has 0 unspecified atom stereocenters. The lowest BCUT2D eigenvalue weighted by molar-refractivity contribution is -0.119. The number of anilines is 1. The molecule has 0 atom stereocenters. The van der Waals surface area contributed by atoms with E-state index < -0.39 is 18.5 Å². The fraction of sp³-hybridized carbons (Fsp3) is 0.375. The normalized spacial score (nSPS) is 14.8. The summed E-state index contributed by atoms with van der Waals surface area (Å²) in [6, 6.07) is 6.82. The summed E-state index contributed by atoms with van der Waals surface area (Å²) in [5, 5.41) is 13.1. The molecular formula is C24H22N4O4S. The molecule has 168 valence electrons. The van der Waals surface area contributed by atoms with E-state index in [1.54, 1.807) is 16.7 Å². The van der Waals surface area contributed by atoms with Crippen molar-refractivity contribution in [2.45, 2.75) is 51.5 Å². The maximum absolute atomic E-state index is 12.8. The molecule has 3 aromatic rings. The Morgan fingerprint density at radius 2 is 2.06 bits per heavy atom. The van der Waals surface area contributed by atoms with Crippen LogP contribution in [0.2, 0.25) is 0 Å². The number of carbonyl (C=O) groups excluding carboxylic acids is 2. The van der Waals surface area contributed by atoms with Gasteiger partial charge in [-0.1, -0.05) is 6.42 Å². The van der Waals surface area contributed by atoms with Crippen molar-refractivity contribution in [2.75, 3.05) is 11.9 Å². The summed E-state index contributed by atoms with van der Waals surface area (Å²) in [6.45, 7) is 0.196. The average molecular weight is 463 g/mol. The highest BCUT2D eigenvalue weighted by Gasteiger charge is 2.23. The summed E-state index contributed by atoms with van der Waals surface area (Å²) in [6.07, 6.45) is 6.52. The second-order valence-corrected chi connectivity index (χ2v) is 9.43. The molecule has 0 spiro atoms.